The number of thioether (sulfide) groups is 1. The number of nitrogens with one attached hydrogen (secondary N) is 1. The molecule has 0 radical (unpaired) electrons. The van der Waals surface area contributed by atoms with Crippen molar-refractivity contribution in [3.05, 3.63) is 0 Å². The van der Waals surface area contributed by atoms with Crippen LogP contribution in [0.4, 0.5) is 0 Å². The Morgan fingerprint density at radius 2 is 1.79 bits per heavy atom. The van der Waals surface area contributed by atoms with Crippen LogP contribution in [-0.4, -0.2) is 24.6 Å². The van der Waals surface area contributed by atoms with E-state index in [0.717, 1.165) is 11.8 Å². The molecule has 0 unspecified atom stereocenters. The minimum Gasteiger partial charge on any atom is -0.316 e. The molecule has 0 atom stereocenters. The molecular formula is C12H23NS. The third-order valence-corrected chi connectivity index (χ3v) is 4.58. The van der Waals surface area contributed by atoms with E-state index < -0.39 is 0 Å². The van der Waals surface area contributed by atoms with Crippen molar-refractivity contribution in [2.24, 2.45) is 11.8 Å². The Kier molecular flexibility index (Phi) is 4.65. The molecule has 0 aromatic heterocycles. The first-order valence-corrected chi connectivity index (χ1v) is 7.39. The van der Waals surface area contributed by atoms with Crippen LogP contribution in [0.3, 0.4) is 0 Å². The molecule has 0 aromatic carbocycles. The van der Waals surface area contributed by atoms with Crippen LogP contribution < -0.4 is 5.32 Å². The van der Waals surface area contributed by atoms with Gasteiger partial charge in [0.05, 0.1) is 0 Å². The summed E-state index contributed by atoms with van der Waals surface area (Å²) < 4.78 is 0. The summed E-state index contributed by atoms with van der Waals surface area (Å²) in [7, 11) is 0. The lowest BCUT2D eigenvalue weighted by Crippen LogP contribution is -2.20. The van der Waals surface area contributed by atoms with Crippen molar-refractivity contribution in [3.8, 4) is 0 Å². The Morgan fingerprint density at radius 1 is 1.00 bits per heavy atom. The van der Waals surface area contributed by atoms with Crippen LogP contribution in [0.25, 0.3) is 0 Å². The molecule has 0 spiro atoms. The SMILES string of the molecule is C1CCC(CSCCNCC2CC2)C1. The molecule has 2 rings (SSSR count). The van der Waals surface area contributed by atoms with Gasteiger partial charge in [0.25, 0.3) is 0 Å². The molecule has 2 heteroatoms. The molecule has 2 aliphatic carbocycles. The maximum atomic E-state index is 3.55. The quantitative estimate of drug-likeness (QED) is 0.653. The Hall–Kier alpha value is 0.310. The number of hydrogen-bond acceptors (Lipinski definition) is 2. The lowest BCUT2D eigenvalue weighted by molar-refractivity contribution is 0.621. The number of rotatable bonds is 7. The minimum absolute atomic E-state index is 1.04. The highest BCUT2D eigenvalue weighted by Crippen LogP contribution is 2.28. The average Bonchev–Trinajstić information content (AvgIpc) is 2.87. The van der Waals surface area contributed by atoms with Gasteiger partial charge in [-0.05, 0) is 49.8 Å². The summed E-state index contributed by atoms with van der Waals surface area (Å²) in [4.78, 5) is 0. The van der Waals surface area contributed by atoms with Crippen molar-refractivity contribution in [2.75, 3.05) is 24.6 Å². The minimum atomic E-state index is 1.04. The first-order chi connectivity index (χ1) is 6.95. The second-order valence-corrected chi connectivity index (χ2v) is 6.02. The molecule has 2 aliphatic rings. The van der Waals surface area contributed by atoms with Gasteiger partial charge in [-0.2, -0.15) is 11.8 Å². The van der Waals surface area contributed by atoms with Crippen LogP contribution in [0, 0.1) is 11.8 Å². The fraction of sp³-hybridized carbons (Fsp3) is 1.00. The molecule has 0 aliphatic heterocycles. The second-order valence-electron chi connectivity index (χ2n) is 4.87. The summed E-state index contributed by atoms with van der Waals surface area (Å²) in [5, 5.41) is 3.55. The van der Waals surface area contributed by atoms with Gasteiger partial charge in [0, 0.05) is 12.3 Å². The zero-order valence-electron chi connectivity index (χ0n) is 9.13. The predicted octanol–water partition coefficient (Wildman–Crippen LogP) is 2.91. The lowest BCUT2D eigenvalue weighted by Gasteiger charge is -2.08. The maximum absolute atomic E-state index is 3.55. The normalized spacial score (nSPS) is 23.1. The van der Waals surface area contributed by atoms with E-state index in [2.05, 4.69) is 17.1 Å². The average molecular weight is 213 g/mol. The summed E-state index contributed by atoms with van der Waals surface area (Å²) in [6, 6.07) is 0. The van der Waals surface area contributed by atoms with Gasteiger partial charge in [-0.15, -0.1) is 0 Å². The first-order valence-electron chi connectivity index (χ1n) is 6.23. The van der Waals surface area contributed by atoms with Crippen LogP contribution in [-0.2, 0) is 0 Å². The summed E-state index contributed by atoms with van der Waals surface area (Å²) in [5.41, 5.74) is 0. The van der Waals surface area contributed by atoms with Crippen molar-refractivity contribution in [3.63, 3.8) is 0 Å². The Balaban J connectivity index is 1.35. The number of hydrogen-bond donors (Lipinski definition) is 1. The van der Waals surface area contributed by atoms with Gasteiger partial charge >= 0.3 is 0 Å². The molecule has 0 amide bonds. The van der Waals surface area contributed by atoms with Crippen LogP contribution >= 0.6 is 11.8 Å². The molecule has 0 saturated heterocycles. The molecular weight excluding hydrogens is 190 g/mol. The van der Waals surface area contributed by atoms with Gasteiger partial charge in [-0.3, -0.25) is 0 Å². The summed E-state index contributed by atoms with van der Waals surface area (Å²) in [6.45, 7) is 2.51. The maximum Gasteiger partial charge on any atom is 0.00582 e. The summed E-state index contributed by atoms with van der Waals surface area (Å²) in [5.74, 6) is 4.84. The highest BCUT2D eigenvalue weighted by Gasteiger charge is 2.20. The van der Waals surface area contributed by atoms with Gasteiger partial charge in [-0.25, -0.2) is 0 Å². The third kappa shape index (κ3) is 4.22. The lowest BCUT2D eigenvalue weighted by atomic mass is 10.1. The zero-order valence-corrected chi connectivity index (χ0v) is 9.95. The van der Waals surface area contributed by atoms with E-state index in [4.69, 9.17) is 0 Å². The van der Waals surface area contributed by atoms with E-state index in [-0.39, 0.29) is 0 Å². The van der Waals surface area contributed by atoms with E-state index in [0.29, 0.717) is 0 Å². The van der Waals surface area contributed by atoms with Crippen molar-refractivity contribution >= 4 is 11.8 Å². The van der Waals surface area contributed by atoms with E-state index >= 15 is 0 Å². The Bertz CT molecular complexity index is 150. The van der Waals surface area contributed by atoms with Crippen LogP contribution in [0.2, 0.25) is 0 Å². The standard InChI is InChI=1S/C12H23NS/c1-2-4-12(3-1)10-14-8-7-13-9-11-5-6-11/h11-13H,1-10H2. The summed E-state index contributed by atoms with van der Waals surface area (Å²) >= 11 is 2.16. The smallest absolute Gasteiger partial charge is 0.00582 e. The fourth-order valence-corrected chi connectivity index (χ4v) is 3.32. The van der Waals surface area contributed by atoms with Crippen molar-refractivity contribution in [2.45, 2.75) is 38.5 Å². The topological polar surface area (TPSA) is 12.0 Å². The van der Waals surface area contributed by atoms with Gasteiger partial charge in [0.2, 0.25) is 0 Å². The van der Waals surface area contributed by atoms with Crippen molar-refractivity contribution < 1.29 is 0 Å². The van der Waals surface area contributed by atoms with Crippen molar-refractivity contribution in [1.29, 1.82) is 0 Å². The molecule has 2 saturated carbocycles. The van der Waals surface area contributed by atoms with Crippen molar-refractivity contribution in [1.82, 2.24) is 5.32 Å². The fourth-order valence-electron chi connectivity index (χ4n) is 2.20. The largest absolute Gasteiger partial charge is 0.316 e. The highest BCUT2D eigenvalue weighted by atomic mass is 32.2. The second kappa shape index (κ2) is 6.02. The molecule has 0 aromatic rings. The van der Waals surface area contributed by atoms with Crippen LogP contribution in [0.15, 0.2) is 0 Å². The van der Waals surface area contributed by atoms with E-state index in [1.807, 2.05) is 0 Å². The molecule has 1 N–H and O–H groups in total. The van der Waals surface area contributed by atoms with Crippen LogP contribution in [0.1, 0.15) is 38.5 Å². The highest BCUT2D eigenvalue weighted by molar-refractivity contribution is 7.99. The monoisotopic (exact) mass is 213 g/mol. The molecule has 0 heterocycles. The summed E-state index contributed by atoms with van der Waals surface area (Å²) in [6.07, 6.45) is 8.94. The zero-order chi connectivity index (χ0) is 9.64. The van der Waals surface area contributed by atoms with Gasteiger partial charge in [-0.1, -0.05) is 12.8 Å². The third-order valence-electron chi connectivity index (χ3n) is 3.38. The predicted molar refractivity (Wildman–Crippen MR) is 64.9 cm³/mol. The first kappa shape index (κ1) is 10.8. The van der Waals surface area contributed by atoms with E-state index in [1.165, 1.54) is 63.1 Å². The molecule has 14 heavy (non-hydrogen) atoms. The van der Waals surface area contributed by atoms with Gasteiger partial charge < -0.3 is 5.32 Å². The molecule has 0 bridgehead atoms. The molecule has 82 valence electrons. The molecule has 1 nitrogen and oxygen atoms in total. The Morgan fingerprint density at radius 3 is 2.50 bits per heavy atom. The van der Waals surface area contributed by atoms with Gasteiger partial charge in [0.15, 0.2) is 0 Å². The Labute approximate surface area is 92.4 Å². The van der Waals surface area contributed by atoms with E-state index in [1.54, 1.807) is 0 Å². The van der Waals surface area contributed by atoms with Crippen LogP contribution in [0.5, 0.6) is 0 Å². The van der Waals surface area contributed by atoms with E-state index in [9.17, 15) is 0 Å². The van der Waals surface area contributed by atoms with Gasteiger partial charge in [0.1, 0.15) is 0 Å². The molecule has 2 fully saturated rings.